The van der Waals surface area contributed by atoms with E-state index in [0.29, 0.717) is 18.1 Å². The van der Waals surface area contributed by atoms with Gasteiger partial charge in [-0.05, 0) is 30.5 Å². The predicted molar refractivity (Wildman–Crippen MR) is 85.4 cm³/mol. The van der Waals surface area contributed by atoms with Crippen LogP contribution < -0.4 is 0 Å². The highest BCUT2D eigenvalue weighted by molar-refractivity contribution is 7.99. The van der Waals surface area contributed by atoms with Crippen LogP contribution >= 0.6 is 23.1 Å². The normalized spacial score (nSPS) is 11.5. The number of thioether (sulfide) groups is 1. The Labute approximate surface area is 140 Å². The number of halogens is 3. The monoisotopic (exact) mass is 360 g/mol. The number of alkyl halides is 3. The second-order valence-corrected chi connectivity index (χ2v) is 6.69. The van der Waals surface area contributed by atoms with Gasteiger partial charge in [-0.25, -0.2) is 4.98 Å². The molecule has 0 aliphatic heterocycles. The zero-order valence-corrected chi connectivity index (χ0v) is 14.0. The van der Waals surface area contributed by atoms with Gasteiger partial charge in [0.2, 0.25) is 5.91 Å². The maximum absolute atomic E-state index is 12.5. The first kappa shape index (κ1) is 17.8. The Kier molecular flexibility index (Phi) is 6.06. The lowest BCUT2D eigenvalue weighted by Gasteiger charge is -2.19. The molecule has 0 unspecified atom stereocenters. The van der Waals surface area contributed by atoms with E-state index in [1.165, 1.54) is 6.07 Å². The van der Waals surface area contributed by atoms with Crippen molar-refractivity contribution in [2.45, 2.75) is 24.7 Å². The number of carbonyl (C=O) groups excluding carboxylic acids is 1. The molecule has 0 aliphatic rings. The van der Waals surface area contributed by atoms with Crippen molar-refractivity contribution in [3.8, 4) is 0 Å². The van der Waals surface area contributed by atoms with Crippen molar-refractivity contribution >= 4 is 29.0 Å². The molecule has 124 valence electrons. The van der Waals surface area contributed by atoms with Crippen LogP contribution in [0, 0.1) is 0 Å². The van der Waals surface area contributed by atoms with E-state index in [0.717, 1.165) is 28.9 Å². The van der Waals surface area contributed by atoms with Crippen LogP contribution in [0.4, 0.5) is 13.2 Å². The second kappa shape index (κ2) is 7.83. The molecule has 0 atom stereocenters. The third-order valence-electron chi connectivity index (χ3n) is 3.07. The molecule has 8 heteroatoms. The fourth-order valence-corrected chi connectivity index (χ4v) is 3.29. The number of amides is 1. The van der Waals surface area contributed by atoms with Gasteiger partial charge in [-0.2, -0.15) is 13.2 Å². The number of hydrogen-bond acceptors (Lipinski definition) is 4. The van der Waals surface area contributed by atoms with Gasteiger partial charge in [0.15, 0.2) is 0 Å². The van der Waals surface area contributed by atoms with Crippen molar-refractivity contribution in [1.82, 2.24) is 9.88 Å². The van der Waals surface area contributed by atoms with Crippen molar-refractivity contribution in [2.24, 2.45) is 0 Å². The highest BCUT2D eigenvalue weighted by atomic mass is 32.2. The van der Waals surface area contributed by atoms with Crippen molar-refractivity contribution in [1.29, 1.82) is 0 Å². The first-order chi connectivity index (χ1) is 10.9. The fraction of sp³-hybridized carbons (Fsp3) is 0.333. The van der Waals surface area contributed by atoms with Gasteiger partial charge in [0.25, 0.3) is 0 Å². The van der Waals surface area contributed by atoms with Crippen LogP contribution in [-0.4, -0.2) is 28.1 Å². The van der Waals surface area contributed by atoms with Gasteiger partial charge in [0.05, 0.1) is 22.9 Å². The van der Waals surface area contributed by atoms with Crippen LogP contribution in [0.2, 0.25) is 0 Å². The lowest BCUT2D eigenvalue weighted by molar-refractivity contribution is -0.138. The van der Waals surface area contributed by atoms with Crippen molar-refractivity contribution in [2.75, 3.05) is 12.3 Å². The molecular formula is C15H15F3N2OS2. The molecule has 2 aromatic rings. The first-order valence-corrected chi connectivity index (χ1v) is 8.73. The van der Waals surface area contributed by atoms with Crippen molar-refractivity contribution in [3.63, 3.8) is 0 Å². The average Bonchev–Trinajstić information content (AvgIpc) is 3.03. The minimum Gasteiger partial charge on any atom is -0.337 e. The molecule has 0 bridgehead atoms. The number of rotatable bonds is 6. The zero-order valence-electron chi connectivity index (χ0n) is 12.3. The summed E-state index contributed by atoms with van der Waals surface area (Å²) < 4.78 is 37.4. The molecule has 2 aromatic heterocycles. The SMILES string of the molecule is CCN(Cc1cccs1)C(=O)CSc1ccc(C(F)(F)F)cn1. The van der Waals surface area contributed by atoms with Gasteiger partial charge in [0, 0.05) is 17.6 Å². The van der Waals surface area contributed by atoms with E-state index in [2.05, 4.69) is 4.98 Å². The highest BCUT2D eigenvalue weighted by Crippen LogP contribution is 2.29. The number of carbonyl (C=O) groups is 1. The number of hydrogen-bond donors (Lipinski definition) is 0. The topological polar surface area (TPSA) is 33.2 Å². The summed E-state index contributed by atoms with van der Waals surface area (Å²) in [6.45, 7) is 3.03. The lowest BCUT2D eigenvalue weighted by Crippen LogP contribution is -2.31. The summed E-state index contributed by atoms with van der Waals surface area (Å²) in [6.07, 6.45) is -3.61. The summed E-state index contributed by atoms with van der Waals surface area (Å²) in [7, 11) is 0. The summed E-state index contributed by atoms with van der Waals surface area (Å²) >= 11 is 2.72. The van der Waals surface area contributed by atoms with Gasteiger partial charge >= 0.3 is 6.18 Å². The Morgan fingerprint density at radius 3 is 2.65 bits per heavy atom. The number of nitrogens with zero attached hydrogens (tertiary/aromatic N) is 2. The molecule has 0 radical (unpaired) electrons. The highest BCUT2D eigenvalue weighted by Gasteiger charge is 2.30. The maximum atomic E-state index is 12.5. The summed E-state index contributed by atoms with van der Waals surface area (Å²) in [5.74, 6) is 0.0880. The summed E-state index contributed by atoms with van der Waals surface area (Å²) in [5.41, 5.74) is -0.791. The predicted octanol–water partition coefficient (Wildman–Crippen LogP) is 4.30. The van der Waals surface area contributed by atoms with E-state index in [-0.39, 0.29) is 11.7 Å². The molecule has 0 saturated carbocycles. The molecule has 2 rings (SSSR count). The quantitative estimate of drug-likeness (QED) is 0.720. The van der Waals surface area contributed by atoms with E-state index < -0.39 is 11.7 Å². The Balaban J connectivity index is 1.90. The fourth-order valence-electron chi connectivity index (χ4n) is 1.83. The zero-order chi connectivity index (χ0) is 16.9. The standard InChI is InChI=1S/C15H15F3N2OS2/c1-2-20(9-12-4-3-7-22-12)14(21)10-23-13-6-5-11(8-19-13)15(16,17)18/h3-8H,2,9-10H2,1H3. The second-order valence-electron chi connectivity index (χ2n) is 4.66. The maximum Gasteiger partial charge on any atom is 0.417 e. The number of pyridine rings is 1. The first-order valence-electron chi connectivity index (χ1n) is 6.86. The number of aromatic nitrogens is 1. The minimum absolute atomic E-state index is 0.0624. The van der Waals surface area contributed by atoms with Crippen LogP contribution in [0.3, 0.4) is 0 Å². The van der Waals surface area contributed by atoms with Crippen LogP contribution in [0.5, 0.6) is 0 Å². The van der Waals surface area contributed by atoms with Gasteiger partial charge in [0.1, 0.15) is 0 Å². The van der Waals surface area contributed by atoms with Gasteiger partial charge < -0.3 is 4.90 Å². The molecule has 0 N–H and O–H groups in total. The molecule has 3 nitrogen and oxygen atoms in total. The largest absolute Gasteiger partial charge is 0.417 e. The van der Waals surface area contributed by atoms with Gasteiger partial charge in [-0.15, -0.1) is 11.3 Å². The Hall–Kier alpha value is -1.54. The summed E-state index contributed by atoms with van der Waals surface area (Å²) in [4.78, 5) is 18.8. The van der Waals surface area contributed by atoms with Crippen LogP contribution in [-0.2, 0) is 17.5 Å². The van der Waals surface area contributed by atoms with E-state index in [1.54, 1.807) is 16.2 Å². The third-order valence-corrected chi connectivity index (χ3v) is 4.86. The molecule has 0 spiro atoms. The summed E-state index contributed by atoms with van der Waals surface area (Å²) in [6, 6.07) is 6.16. The third kappa shape index (κ3) is 5.24. The Bertz CT molecular complexity index is 627. The van der Waals surface area contributed by atoms with E-state index in [1.807, 2.05) is 24.4 Å². The van der Waals surface area contributed by atoms with Crippen molar-refractivity contribution in [3.05, 3.63) is 46.3 Å². The van der Waals surface area contributed by atoms with Crippen LogP contribution in [0.1, 0.15) is 17.4 Å². The molecule has 0 aromatic carbocycles. The molecule has 0 saturated heterocycles. The van der Waals surface area contributed by atoms with Crippen LogP contribution in [0.25, 0.3) is 0 Å². The summed E-state index contributed by atoms with van der Waals surface area (Å²) in [5, 5.41) is 2.35. The van der Waals surface area contributed by atoms with Gasteiger partial charge in [-0.1, -0.05) is 17.8 Å². The molecule has 23 heavy (non-hydrogen) atoms. The Morgan fingerprint density at radius 1 is 1.35 bits per heavy atom. The molecular weight excluding hydrogens is 345 g/mol. The molecule has 0 fully saturated rings. The van der Waals surface area contributed by atoms with E-state index in [4.69, 9.17) is 0 Å². The molecule has 1 amide bonds. The van der Waals surface area contributed by atoms with E-state index >= 15 is 0 Å². The average molecular weight is 360 g/mol. The van der Waals surface area contributed by atoms with Gasteiger partial charge in [-0.3, -0.25) is 4.79 Å². The molecule has 0 aliphatic carbocycles. The Morgan fingerprint density at radius 2 is 2.13 bits per heavy atom. The van der Waals surface area contributed by atoms with Crippen molar-refractivity contribution < 1.29 is 18.0 Å². The number of thiophene rings is 1. The smallest absolute Gasteiger partial charge is 0.337 e. The molecule has 2 heterocycles. The van der Waals surface area contributed by atoms with Crippen LogP contribution in [0.15, 0.2) is 40.9 Å². The minimum atomic E-state index is -4.40. The lowest BCUT2D eigenvalue weighted by atomic mass is 10.3. The van der Waals surface area contributed by atoms with E-state index in [9.17, 15) is 18.0 Å².